The van der Waals surface area contributed by atoms with E-state index in [0.29, 0.717) is 5.88 Å². The predicted molar refractivity (Wildman–Crippen MR) is 78.5 cm³/mol. The SMILES string of the molecule is CCC(CC)(CCl)CNc1ccc2c(n1)CCC2. The van der Waals surface area contributed by atoms with Crippen molar-refractivity contribution in [1.29, 1.82) is 0 Å². The highest BCUT2D eigenvalue weighted by Gasteiger charge is 2.25. The number of anilines is 1. The van der Waals surface area contributed by atoms with E-state index in [1.807, 2.05) is 0 Å². The van der Waals surface area contributed by atoms with Crippen LogP contribution in [-0.4, -0.2) is 17.4 Å². The molecule has 0 bridgehead atoms. The third-order valence-corrected chi connectivity index (χ3v) is 4.92. The van der Waals surface area contributed by atoms with Crippen molar-refractivity contribution in [3.05, 3.63) is 23.4 Å². The monoisotopic (exact) mass is 266 g/mol. The minimum atomic E-state index is 0.197. The van der Waals surface area contributed by atoms with E-state index in [0.717, 1.165) is 31.6 Å². The maximum atomic E-state index is 6.12. The Morgan fingerprint density at radius 1 is 1.28 bits per heavy atom. The van der Waals surface area contributed by atoms with Gasteiger partial charge in [-0.1, -0.05) is 19.9 Å². The van der Waals surface area contributed by atoms with Gasteiger partial charge in [0.05, 0.1) is 0 Å². The van der Waals surface area contributed by atoms with Crippen LogP contribution >= 0.6 is 11.6 Å². The Kier molecular flexibility index (Phi) is 4.50. The van der Waals surface area contributed by atoms with Crippen LogP contribution in [0.2, 0.25) is 0 Å². The predicted octanol–water partition coefficient (Wildman–Crippen LogP) is 4.03. The van der Waals surface area contributed by atoms with E-state index < -0.39 is 0 Å². The van der Waals surface area contributed by atoms with Crippen molar-refractivity contribution in [2.24, 2.45) is 5.41 Å². The molecule has 1 aliphatic carbocycles. The van der Waals surface area contributed by atoms with Crippen LogP contribution in [0.3, 0.4) is 0 Å². The van der Waals surface area contributed by atoms with Gasteiger partial charge in [-0.2, -0.15) is 0 Å². The summed E-state index contributed by atoms with van der Waals surface area (Å²) in [6.07, 6.45) is 5.78. The molecule has 18 heavy (non-hydrogen) atoms. The van der Waals surface area contributed by atoms with Gasteiger partial charge in [-0.05, 0) is 43.7 Å². The van der Waals surface area contributed by atoms with Crippen LogP contribution < -0.4 is 5.32 Å². The van der Waals surface area contributed by atoms with Crippen molar-refractivity contribution in [3.63, 3.8) is 0 Å². The summed E-state index contributed by atoms with van der Waals surface area (Å²) in [5, 5.41) is 3.47. The highest BCUT2D eigenvalue weighted by atomic mass is 35.5. The highest BCUT2D eigenvalue weighted by Crippen LogP contribution is 2.29. The zero-order chi connectivity index (χ0) is 13.0. The lowest BCUT2D eigenvalue weighted by Gasteiger charge is -2.29. The van der Waals surface area contributed by atoms with Gasteiger partial charge in [0.1, 0.15) is 5.82 Å². The number of hydrogen-bond acceptors (Lipinski definition) is 2. The Morgan fingerprint density at radius 3 is 2.72 bits per heavy atom. The lowest BCUT2D eigenvalue weighted by atomic mass is 9.84. The van der Waals surface area contributed by atoms with Crippen LogP contribution in [0.5, 0.6) is 0 Å². The Balaban J connectivity index is 2.01. The van der Waals surface area contributed by atoms with Gasteiger partial charge in [-0.15, -0.1) is 11.6 Å². The Hall–Kier alpha value is -0.760. The van der Waals surface area contributed by atoms with E-state index in [1.165, 1.54) is 24.1 Å². The molecule has 1 aromatic heterocycles. The second-order valence-corrected chi connectivity index (χ2v) is 5.62. The van der Waals surface area contributed by atoms with E-state index in [4.69, 9.17) is 16.6 Å². The largest absolute Gasteiger partial charge is 0.369 e. The highest BCUT2D eigenvalue weighted by molar-refractivity contribution is 6.18. The number of rotatable bonds is 6. The summed E-state index contributed by atoms with van der Waals surface area (Å²) in [7, 11) is 0. The van der Waals surface area contributed by atoms with Crippen LogP contribution in [0.1, 0.15) is 44.4 Å². The Morgan fingerprint density at radius 2 is 2.06 bits per heavy atom. The fourth-order valence-electron chi connectivity index (χ4n) is 2.53. The summed E-state index contributed by atoms with van der Waals surface area (Å²) in [6, 6.07) is 4.33. The molecule has 0 fully saturated rings. The number of fused-ring (bicyclic) bond motifs is 1. The quantitative estimate of drug-likeness (QED) is 0.787. The minimum Gasteiger partial charge on any atom is -0.369 e. The smallest absolute Gasteiger partial charge is 0.126 e. The van der Waals surface area contributed by atoms with Crippen molar-refractivity contribution < 1.29 is 0 Å². The molecule has 0 saturated carbocycles. The van der Waals surface area contributed by atoms with Gasteiger partial charge in [0, 0.05) is 23.5 Å². The van der Waals surface area contributed by atoms with Crippen LogP contribution in [0, 0.1) is 5.41 Å². The standard InChI is InChI=1S/C15H23ClN2/c1-3-15(4-2,10-16)11-17-14-9-8-12-6-5-7-13(12)18-14/h8-9H,3-7,10-11H2,1-2H3,(H,17,18). The van der Waals surface area contributed by atoms with Gasteiger partial charge in [0.25, 0.3) is 0 Å². The van der Waals surface area contributed by atoms with E-state index >= 15 is 0 Å². The first-order valence-electron chi connectivity index (χ1n) is 7.01. The number of aryl methyl sites for hydroxylation is 2. The summed E-state index contributed by atoms with van der Waals surface area (Å²) in [5.41, 5.74) is 2.90. The Labute approximate surface area is 115 Å². The summed E-state index contributed by atoms with van der Waals surface area (Å²) in [5.74, 6) is 1.71. The first-order valence-corrected chi connectivity index (χ1v) is 7.55. The summed E-state index contributed by atoms with van der Waals surface area (Å²) in [6.45, 7) is 5.34. The number of nitrogens with zero attached hydrogens (tertiary/aromatic N) is 1. The minimum absolute atomic E-state index is 0.197. The number of halogens is 1. The summed E-state index contributed by atoms with van der Waals surface area (Å²) >= 11 is 6.12. The van der Waals surface area contributed by atoms with Gasteiger partial charge in [-0.25, -0.2) is 4.98 Å². The van der Waals surface area contributed by atoms with Crippen LogP contribution in [0.25, 0.3) is 0 Å². The van der Waals surface area contributed by atoms with E-state index in [9.17, 15) is 0 Å². The molecule has 2 nitrogen and oxygen atoms in total. The van der Waals surface area contributed by atoms with Crippen molar-refractivity contribution in [2.45, 2.75) is 46.0 Å². The first kappa shape index (κ1) is 13.7. The molecule has 0 radical (unpaired) electrons. The molecular formula is C15H23ClN2. The van der Waals surface area contributed by atoms with Crippen molar-refractivity contribution in [2.75, 3.05) is 17.7 Å². The zero-order valence-corrected chi connectivity index (χ0v) is 12.2. The normalized spacial score (nSPS) is 14.6. The fraction of sp³-hybridized carbons (Fsp3) is 0.667. The Bertz CT molecular complexity index is 391. The van der Waals surface area contributed by atoms with Gasteiger partial charge in [0.2, 0.25) is 0 Å². The fourth-order valence-corrected chi connectivity index (χ4v) is 3.01. The molecule has 1 aromatic rings. The molecule has 0 spiro atoms. The van der Waals surface area contributed by atoms with Crippen molar-refractivity contribution in [1.82, 2.24) is 4.98 Å². The maximum absolute atomic E-state index is 6.12. The van der Waals surface area contributed by atoms with Crippen LogP contribution in [0.4, 0.5) is 5.82 Å². The third-order valence-electron chi connectivity index (χ3n) is 4.36. The van der Waals surface area contributed by atoms with Gasteiger partial charge in [0.15, 0.2) is 0 Å². The van der Waals surface area contributed by atoms with E-state index in [-0.39, 0.29) is 5.41 Å². The molecule has 0 amide bonds. The zero-order valence-electron chi connectivity index (χ0n) is 11.4. The number of aromatic nitrogens is 1. The molecule has 0 saturated heterocycles. The molecule has 0 unspecified atom stereocenters. The van der Waals surface area contributed by atoms with Crippen molar-refractivity contribution >= 4 is 17.4 Å². The molecule has 1 N–H and O–H groups in total. The molecule has 0 aliphatic heterocycles. The number of pyridine rings is 1. The average Bonchev–Trinajstić information content (AvgIpc) is 2.88. The molecule has 100 valence electrons. The topological polar surface area (TPSA) is 24.9 Å². The molecule has 1 heterocycles. The average molecular weight is 267 g/mol. The molecule has 0 atom stereocenters. The lowest BCUT2D eigenvalue weighted by molar-refractivity contribution is 0.326. The van der Waals surface area contributed by atoms with Gasteiger partial charge >= 0.3 is 0 Å². The van der Waals surface area contributed by atoms with E-state index in [2.05, 4.69) is 31.3 Å². The number of hydrogen-bond donors (Lipinski definition) is 1. The van der Waals surface area contributed by atoms with Gasteiger partial charge < -0.3 is 5.32 Å². The lowest BCUT2D eigenvalue weighted by Crippen LogP contribution is -2.30. The van der Waals surface area contributed by atoms with Gasteiger partial charge in [-0.3, -0.25) is 0 Å². The van der Waals surface area contributed by atoms with Crippen molar-refractivity contribution in [3.8, 4) is 0 Å². The number of alkyl halides is 1. The second-order valence-electron chi connectivity index (χ2n) is 5.35. The molecule has 2 rings (SSSR count). The maximum Gasteiger partial charge on any atom is 0.126 e. The number of nitrogens with one attached hydrogen (secondary N) is 1. The molecule has 0 aromatic carbocycles. The first-order chi connectivity index (χ1) is 8.73. The second kappa shape index (κ2) is 5.92. The third kappa shape index (κ3) is 2.80. The summed E-state index contributed by atoms with van der Waals surface area (Å²) < 4.78 is 0. The van der Waals surface area contributed by atoms with E-state index in [1.54, 1.807) is 0 Å². The molecule has 1 aliphatic rings. The van der Waals surface area contributed by atoms with Crippen LogP contribution in [0.15, 0.2) is 12.1 Å². The van der Waals surface area contributed by atoms with Crippen LogP contribution in [-0.2, 0) is 12.8 Å². The molecule has 3 heteroatoms. The summed E-state index contributed by atoms with van der Waals surface area (Å²) in [4.78, 5) is 4.71. The molecular weight excluding hydrogens is 244 g/mol.